The number of carbonyl (C=O) groups excluding carboxylic acids is 2. The number of methoxy groups -OCH3 is 1. The number of halogens is 1. The number of amides is 3. The first kappa shape index (κ1) is 16.5. The second kappa shape index (κ2) is 6.27. The largest absolute Gasteiger partial charge is 0.499 e. The second-order valence-corrected chi connectivity index (χ2v) is 4.22. The second-order valence-electron chi connectivity index (χ2n) is 3.81. The molecule has 0 radical (unpaired) electrons. The van der Waals surface area contributed by atoms with Crippen molar-refractivity contribution in [2.75, 3.05) is 21.2 Å². The molecule has 3 amide bonds. The third-order valence-corrected chi connectivity index (χ3v) is 2.93. The van der Waals surface area contributed by atoms with Crippen LogP contribution in [0.25, 0.3) is 0 Å². The van der Waals surface area contributed by atoms with Gasteiger partial charge in [-0.3, -0.25) is 19.8 Å². The quantitative estimate of drug-likeness (QED) is 0.641. The maximum absolute atomic E-state index is 12.2. The normalized spacial score (nSPS) is 9.90. The standard InChI is InChI=1S/C11H12ClN3O6/c1-13-11(18)14(2)10(17)7-5(12)4-6(21-3)9(16)8(7)15(19)20/h4,16H,1-3H3,(H,13,18). The fraction of sp³-hybridized carbons (Fsp3) is 0.273. The molecule has 9 nitrogen and oxygen atoms in total. The van der Waals surface area contributed by atoms with Gasteiger partial charge in [-0.1, -0.05) is 11.6 Å². The molecule has 1 aromatic carbocycles. The maximum Gasteiger partial charge on any atom is 0.328 e. The maximum atomic E-state index is 12.2. The van der Waals surface area contributed by atoms with Gasteiger partial charge in [-0.2, -0.15) is 0 Å². The fourth-order valence-corrected chi connectivity index (χ4v) is 1.84. The van der Waals surface area contributed by atoms with Crippen LogP contribution in [0.3, 0.4) is 0 Å². The van der Waals surface area contributed by atoms with E-state index < -0.39 is 33.9 Å². The van der Waals surface area contributed by atoms with Crippen molar-refractivity contribution in [2.24, 2.45) is 0 Å². The molecule has 0 heterocycles. The van der Waals surface area contributed by atoms with E-state index in [1.54, 1.807) is 0 Å². The Morgan fingerprint density at radius 1 is 1.52 bits per heavy atom. The first-order valence-corrected chi connectivity index (χ1v) is 5.87. The number of urea groups is 1. The van der Waals surface area contributed by atoms with Crippen molar-refractivity contribution in [1.82, 2.24) is 10.2 Å². The number of nitrogens with zero attached hydrogens (tertiary/aromatic N) is 2. The summed E-state index contributed by atoms with van der Waals surface area (Å²) in [5.74, 6) is -2.14. The highest BCUT2D eigenvalue weighted by Gasteiger charge is 2.34. The van der Waals surface area contributed by atoms with E-state index in [1.807, 2.05) is 0 Å². The molecule has 1 aromatic rings. The Kier molecular flexibility index (Phi) is 4.93. The van der Waals surface area contributed by atoms with Crippen LogP contribution in [0.15, 0.2) is 6.07 Å². The molecular weight excluding hydrogens is 306 g/mol. The molecular formula is C11H12ClN3O6. The summed E-state index contributed by atoms with van der Waals surface area (Å²) < 4.78 is 4.74. The lowest BCUT2D eigenvalue weighted by Gasteiger charge is -2.16. The van der Waals surface area contributed by atoms with E-state index in [0.717, 1.165) is 13.1 Å². The zero-order chi connectivity index (χ0) is 16.3. The molecule has 0 spiro atoms. The third kappa shape index (κ3) is 2.97. The number of nitro benzene ring substituents is 1. The molecule has 0 aliphatic carbocycles. The van der Waals surface area contributed by atoms with E-state index in [4.69, 9.17) is 16.3 Å². The summed E-state index contributed by atoms with van der Waals surface area (Å²) in [5, 5.41) is 22.7. The number of rotatable bonds is 3. The third-order valence-electron chi connectivity index (χ3n) is 2.63. The van der Waals surface area contributed by atoms with Gasteiger partial charge in [-0.15, -0.1) is 0 Å². The molecule has 0 bridgehead atoms. The SMILES string of the molecule is CNC(=O)N(C)C(=O)c1c(Cl)cc(OC)c(O)c1[N+](=O)[O-]. The van der Waals surface area contributed by atoms with Crippen LogP contribution in [0.2, 0.25) is 5.02 Å². The molecule has 0 aliphatic rings. The molecule has 0 saturated carbocycles. The van der Waals surface area contributed by atoms with Crippen LogP contribution >= 0.6 is 11.6 Å². The molecule has 1 rings (SSSR count). The van der Waals surface area contributed by atoms with Gasteiger partial charge in [-0.25, -0.2) is 4.79 Å². The van der Waals surface area contributed by atoms with Gasteiger partial charge in [0.1, 0.15) is 5.56 Å². The summed E-state index contributed by atoms with van der Waals surface area (Å²) in [5.41, 5.74) is -1.54. The van der Waals surface area contributed by atoms with Crippen molar-refractivity contribution in [3.8, 4) is 11.5 Å². The molecule has 0 atom stereocenters. The highest BCUT2D eigenvalue weighted by molar-refractivity contribution is 6.35. The van der Waals surface area contributed by atoms with E-state index in [0.29, 0.717) is 4.90 Å². The Morgan fingerprint density at radius 2 is 2.10 bits per heavy atom. The van der Waals surface area contributed by atoms with Gasteiger partial charge in [0.15, 0.2) is 5.75 Å². The van der Waals surface area contributed by atoms with E-state index in [-0.39, 0.29) is 10.8 Å². The molecule has 0 aromatic heterocycles. The monoisotopic (exact) mass is 317 g/mol. The van der Waals surface area contributed by atoms with Gasteiger partial charge >= 0.3 is 11.7 Å². The first-order chi connectivity index (χ1) is 9.76. The summed E-state index contributed by atoms with van der Waals surface area (Å²) in [6.07, 6.45) is 0. The highest BCUT2D eigenvalue weighted by Crippen LogP contribution is 2.42. The van der Waals surface area contributed by atoms with Gasteiger partial charge in [0.05, 0.1) is 17.1 Å². The zero-order valence-corrected chi connectivity index (χ0v) is 12.1. The predicted molar refractivity (Wildman–Crippen MR) is 72.9 cm³/mol. The number of benzene rings is 1. The Morgan fingerprint density at radius 3 is 2.52 bits per heavy atom. The Hall–Kier alpha value is -2.55. The van der Waals surface area contributed by atoms with E-state index in [1.165, 1.54) is 14.2 Å². The molecule has 2 N–H and O–H groups in total. The van der Waals surface area contributed by atoms with E-state index in [9.17, 15) is 24.8 Å². The van der Waals surface area contributed by atoms with Crippen LogP contribution in [-0.2, 0) is 0 Å². The number of hydrogen-bond acceptors (Lipinski definition) is 6. The van der Waals surface area contributed by atoms with Crippen molar-refractivity contribution < 1.29 is 24.4 Å². The number of ether oxygens (including phenoxy) is 1. The lowest BCUT2D eigenvalue weighted by molar-refractivity contribution is -0.386. The minimum Gasteiger partial charge on any atom is -0.499 e. The zero-order valence-electron chi connectivity index (χ0n) is 11.3. The van der Waals surface area contributed by atoms with Crippen LogP contribution in [0.5, 0.6) is 11.5 Å². The summed E-state index contributed by atoms with van der Waals surface area (Å²) in [6, 6.07) is 0.259. The topological polar surface area (TPSA) is 122 Å². The van der Waals surface area contributed by atoms with Crippen molar-refractivity contribution in [3.05, 3.63) is 26.8 Å². The number of nitrogens with one attached hydrogen (secondary N) is 1. The Balaban J connectivity index is 3.55. The number of carbonyl (C=O) groups is 2. The van der Waals surface area contributed by atoms with E-state index in [2.05, 4.69) is 5.32 Å². The van der Waals surface area contributed by atoms with Gasteiger partial charge in [0.25, 0.3) is 5.91 Å². The highest BCUT2D eigenvalue weighted by atomic mass is 35.5. The van der Waals surface area contributed by atoms with Crippen molar-refractivity contribution in [2.45, 2.75) is 0 Å². The summed E-state index contributed by atoms with van der Waals surface area (Å²) in [6.45, 7) is 0. The number of hydrogen-bond donors (Lipinski definition) is 2. The van der Waals surface area contributed by atoms with Gasteiger partial charge < -0.3 is 15.2 Å². The average Bonchev–Trinajstić information content (AvgIpc) is 2.45. The van der Waals surface area contributed by atoms with Crippen molar-refractivity contribution in [1.29, 1.82) is 0 Å². The summed E-state index contributed by atoms with van der Waals surface area (Å²) in [4.78, 5) is 34.3. The molecule has 0 aliphatic heterocycles. The first-order valence-electron chi connectivity index (χ1n) is 5.49. The minimum absolute atomic E-state index is 0.258. The molecule has 0 fully saturated rings. The fourth-order valence-electron chi connectivity index (χ4n) is 1.57. The molecule has 0 unspecified atom stereocenters. The number of phenols is 1. The predicted octanol–water partition coefficient (Wildman–Crippen LogP) is 1.37. The molecule has 114 valence electrons. The molecule has 21 heavy (non-hydrogen) atoms. The van der Waals surface area contributed by atoms with Crippen LogP contribution < -0.4 is 10.1 Å². The van der Waals surface area contributed by atoms with Crippen LogP contribution in [-0.4, -0.2) is 48.1 Å². The van der Waals surface area contributed by atoms with Gasteiger partial charge in [0, 0.05) is 20.2 Å². The number of phenolic OH excluding ortho intramolecular Hbond substituents is 1. The van der Waals surface area contributed by atoms with Gasteiger partial charge in [-0.05, 0) is 0 Å². The van der Waals surface area contributed by atoms with Gasteiger partial charge in [0.2, 0.25) is 5.75 Å². The smallest absolute Gasteiger partial charge is 0.328 e. The Bertz CT molecular complexity index is 618. The van der Waals surface area contributed by atoms with Crippen LogP contribution in [0, 0.1) is 10.1 Å². The number of imide groups is 1. The Labute approximate surface area is 124 Å². The lowest BCUT2D eigenvalue weighted by atomic mass is 10.1. The summed E-state index contributed by atoms with van der Waals surface area (Å²) in [7, 11) is 3.57. The number of aromatic hydroxyl groups is 1. The van der Waals surface area contributed by atoms with Crippen molar-refractivity contribution >= 4 is 29.2 Å². The number of nitro groups is 1. The van der Waals surface area contributed by atoms with Crippen LogP contribution in [0.1, 0.15) is 10.4 Å². The minimum atomic E-state index is -1.04. The van der Waals surface area contributed by atoms with Crippen molar-refractivity contribution in [3.63, 3.8) is 0 Å². The average molecular weight is 318 g/mol. The lowest BCUT2D eigenvalue weighted by Crippen LogP contribution is -2.39. The molecule has 0 saturated heterocycles. The summed E-state index contributed by atoms with van der Waals surface area (Å²) >= 11 is 5.84. The van der Waals surface area contributed by atoms with Crippen LogP contribution in [0.4, 0.5) is 10.5 Å². The molecule has 10 heteroatoms. The van der Waals surface area contributed by atoms with E-state index >= 15 is 0 Å².